The van der Waals surface area contributed by atoms with Gasteiger partial charge in [0.15, 0.2) is 39.0 Å². The monoisotopic (exact) mass is 475 g/mol. The largest absolute Gasteiger partial charge is 0.485 e. The van der Waals surface area contributed by atoms with E-state index in [9.17, 15) is 0 Å². The van der Waals surface area contributed by atoms with Gasteiger partial charge in [0.1, 0.15) is 6.61 Å². The van der Waals surface area contributed by atoms with Gasteiger partial charge in [0, 0.05) is 7.05 Å². The number of para-hydroxylation sites is 2. The van der Waals surface area contributed by atoms with Crippen LogP contribution in [0.5, 0.6) is 11.5 Å². The number of nitrogens with zero attached hydrogens (tertiary/aromatic N) is 5. The molecule has 29 heavy (non-hydrogen) atoms. The second-order valence-corrected chi connectivity index (χ2v) is 7.88. The standard InChI is InChI=1S/C18H14BrN5O4S/c1-24-16(13-8-25-10-4-2-3-5-11(10)26-13)21-23-18(24)29-9-15-20-22-17(28-15)12-6-7-14(19)27-12/h2-7,13H,8-9H2,1H3/t13-/m1/s1. The van der Waals surface area contributed by atoms with Crippen molar-refractivity contribution < 1.29 is 18.3 Å². The number of benzene rings is 1. The molecule has 0 radical (unpaired) electrons. The number of fused-ring (bicyclic) bond motifs is 1. The van der Waals surface area contributed by atoms with E-state index in [2.05, 4.69) is 36.3 Å². The van der Waals surface area contributed by atoms with E-state index in [4.69, 9.17) is 18.3 Å². The molecular formula is C18H14BrN5O4S. The Bertz CT molecular complexity index is 1160. The molecule has 0 unspecified atom stereocenters. The fraction of sp³-hybridized carbons (Fsp3) is 0.222. The van der Waals surface area contributed by atoms with Crippen LogP contribution in [0, 0.1) is 0 Å². The number of thioether (sulfide) groups is 1. The summed E-state index contributed by atoms with van der Waals surface area (Å²) in [6.45, 7) is 0.374. The minimum atomic E-state index is -0.329. The van der Waals surface area contributed by atoms with Gasteiger partial charge >= 0.3 is 0 Å². The second kappa shape index (κ2) is 7.56. The molecule has 0 saturated heterocycles. The molecular weight excluding hydrogens is 462 g/mol. The molecule has 0 fully saturated rings. The Labute approximate surface area is 177 Å². The van der Waals surface area contributed by atoms with Gasteiger partial charge < -0.3 is 22.9 Å². The fourth-order valence-corrected chi connectivity index (χ4v) is 3.91. The van der Waals surface area contributed by atoms with E-state index in [0.717, 1.165) is 5.75 Å². The SMILES string of the molecule is Cn1c(SCc2nnc(-c3ccc(Br)o3)o2)nnc1[C@H]1COc2ccccc2O1. The van der Waals surface area contributed by atoms with Crippen molar-refractivity contribution in [1.29, 1.82) is 0 Å². The Hall–Kier alpha value is -2.79. The summed E-state index contributed by atoms with van der Waals surface area (Å²) in [7, 11) is 1.89. The molecule has 0 aliphatic carbocycles. The van der Waals surface area contributed by atoms with Crippen LogP contribution in [0.1, 0.15) is 17.8 Å². The molecule has 4 heterocycles. The molecule has 0 spiro atoms. The molecule has 1 aliphatic heterocycles. The van der Waals surface area contributed by atoms with E-state index in [1.165, 1.54) is 11.8 Å². The quantitative estimate of drug-likeness (QED) is 0.395. The van der Waals surface area contributed by atoms with Gasteiger partial charge in [-0.05, 0) is 40.2 Å². The van der Waals surface area contributed by atoms with Gasteiger partial charge in [0.25, 0.3) is 5.89 Å². The Kier molecular flexibility index (Phi) is 4.76. The lowest BCUT2D eigenvalue weighted by Crippen LogP contribution is -2.24. The third-order valence-corrected chi connectivity index (χ3v) is 5.67. The third-order valence-electron chi connectivity index (χ3n) is 4.24. The Morgan fingerprint density at radius 2 is 1.93 bits per heavy atom. The topological polar surface area (TPSA) is 101 Å². The molecule has 0 saturated carbocycles. The van der Waals surface area contributed by atoms with Crippen molar-refractivity contribution in [2.45, 2.75) is 17.0 Å². The van der Waals surface area contributed by atoms with E-state index in [1.54, 1.807) is 12.1 Å². The van der Waals surface area contributed by atoms with Gasteiger partial charge in [-0.2, -0.15) is 0 Å². The lowest BCUT2D eigenvalue weighted by Gasteiger charge is -2.25. The summed E-state index contributed by atoms with van der Waals surface area (Å²) in [6, 6.07) is 11.1. The van der Waals surface area contributed by atoms with Crippen LogP contribution in [0.3, 0.4) is 0 Å². The first-order chi connectivity index (χ1) is 14.2. The van der Waals surface area contributed by atoms with Gasteiger partial charge in [-0.1, -0.05) is 23.9 Å². The number of halogens is 1. The van der Waals surface area contributed by atoms with Crippen LogP contribution in [0.4, 0.5) is 0 Å². The Morgan fingerprint density at radius 1 is 1.07 bits per heavy atom. The van der Waals surface area contributed by atoms with E-state index in [1.807, 2.05) is 35.9 Å². The number of rotatable bonds is 5. The van der Waals surface area contributed by atoms with Crippen molar-refractivity contribution >= 4 is 27.7 Å². The summed E-state index contributed by atoms with van der Waals surface area (Å²) in [5, 5.41) is 17.3. The molecule has 5 rings (SSSR count). The van der Waals surface area contributed by atoms with Crippen molar-refractivity contribution in [3.63, 3.8) is 0 Å². The zero-order chi connectivity index (χ0) is 19.8. The number of furan rings is 1. The summed E-state index contributed by atoms with van der Waals surface area (Å²) < 4.78 is 25.3. The zero-order valence-corrected chi connectivity index (χ0v) is 17.5. The molecule has 0 N–H and O–H groups in total. The molecule has 1 atom stereocenters. The smallest absolute Gasteiger partial charge is 0.283 e. The normalized spacial score (nSPS) is 15.6. The van der Waals surface area contributed by atoms with E-state index < -0.39 is 0 Å². The van der Waals surface area contributed by atoms with Crippen molar-refractivity contribution in [3.05, 3.63) is 52.8 Å². The average Bonchev–Trinajstić information content (AvgIpc) is 3.46. The van der Waals surface area contributed by atoms with Gasteiger partial charge in [0.05, 0.1) is 5.75 Å². The molecule has 9 nitrogen and oxygen atoms in total. The summed E-state index contributed by atoms with van der Waals surface area (Å²) in [5.74, 6) is 3.88. The van der Waals surface area contributed by atoms with Crippen LogP contribution in [0.25, 0.3) is 11.7 Å². The van der Waals surface area contributed by atoms with Crippen LogP contribution in [-0.2, 0) is 12.8 Å². The highest BCUT2D eigenvalue weighted by Crippen LogP contribution is 2.36. The second-order valence-electron chi connectivity index (χ2n) is 6.16. The maximum Gasteiger partial charge on any atom is 0.283 e. The third kappa shape index (κ3) is 3.62. The first kappa shape index (κ1) is 18.3. The van der Waals surface area contributed by atoms with Gasteiger partial charge in [0.2, 0.25) is 5.89 Å². The predicted octanol–water partition coefficient (Wildman–Crippen LogP) is 4.03. The van der Waals surface area contributed by atoms with Gasteiger partial charge in [-0.15, -0.1) is 20.4 Å². The van der Waals surface area contributed by atoms with Crippen LogP contribution in [-0.4, -0.2) is 31.6 Å². The minimum Gasteiger partial charge on any atom is -0.485 e. The minimum absolute atomic E-state index is 0.329. The van der Waals surface area contributed by atoms with Crippen LogP contribution in [0.15, 0.2) is 55.1 Å². The van der Waals surface area contributed by atoms with Crippen LogP contribution in [0.2, 0.25) is 0 Å². The molecule has 1 aliphatic rings. The van der Waals surface area contributed by atoms with Crippen molar-refractivity contribution in [1.82, 2.24) is 25.0 Å². The van der Waals surface area contributed by atoms with Crippen molar-refractivity contribution in [2.24, 2.45) is 7.05 Å². The summed E-state index contributed by atoms with van der Waals surface area (Å²) in [6.07, 6.45) is -0.329. The maximum absolute atomic E-state index is 6.02. The fourth-order valence-electron chi connectivity index (χ4n) is 2.85. The lowest BCUT2D eigenvalue weighted by atomic mass is 10.2. The number of ether oxygens (including phenoxy) is 2. The highest BCUT2D eigenvalue weighted by atomic mass is 79.9. The number of hydrogen-bond acceptors (Lipinski definition) is 9. The molecule has 0 bridgehead atoms. The maximum atomic E-state index is 6.02. The molecule has 3 aromatic heterocycles. The van der Waals surface area contributed by atoms with Crippen molar-refractivity contribution in [3.8, 4) is 23.1 Å². The van der Waals surface area contributed by atoms with Gasteiger partial charge in [-0.3, -0.25) is 0 Å². The summed E-state index contributed by atoms with van der Waals surface area (Å²) >= 11 is 4.69. The molecule has 1 aromatic carbocycles. The number of aromatic nitrogens is 5. The lowest BCUT2D eigenvalue weighted by molar-refractivity contribution is 0.0825. The molecule has 11 heteroatoms. The highest BCUT2D eigenvalue weighted by Gasteiger charge is 2.27. The summed E-state index contributed by atoms with van der Waals surface area (Å²) in [4.78, 5) is 0. The van der Waals surface area contributed by atoms with Crippen molar-refractivity contribution in [2.75, 3.05) is 6.61 Å². The molecule has 148 valence electrons. The predicted molar refractivity (Wildman–Crippen MR) is 106 cm³/mol. The zero-order valence-electron chi connectivity index (χ0n) is 15.1. The molecule has 0 amide bonds. The van der Waals surface area contributed by atoms with E-state index in [-0.39, 0.29) is 6.10 Å². The first-order valence-corrected chi connectivity index (χ1v) is 10.4. The Morgan fingerprint density at radius 3 is 2.76 bits per heavy atom. The molecule has 4 aromatic rings. The highest BCUT2D eigenvalue weighted by molar-refractivity contribution is 9.10. The average molecular weight is 476 g/mol. The van der Waals surface area contributed by atoms with Crippen LogP contribution >= 0.6 is 27.7 Å². The van der Waals surface area contributed by atoms with Gasteiger partial charge in [-0.25, -0.2) is 0 Å². The summed E-state index contributed by atoms with van der Waals surface area (Å²) in [5.41, 5.74) is 0. The Balaban J connectivity index is 1.27. The number of hydrogen-bond donors (Lipinski definition) is 0. The van der Waals surface area contributed by atoms with E-state index >= 15 is 0 Å². The first-order valence-electron chi connectivity index (χ1n) is 8.66. The van der Waals surface area contributed by atoms with E-state index in [0.29, 0.717) is 51.3 Å². The van der Waals surface area contributed by atoms with Crippen LogP contribution < -0.4 is 9.47 Å².